The van der Waals surface area contributed by atoms with Crippen molar-refractivity contribution in [1.82, 2.24) is 10.6 Å². The molecule has 29 heavy (non-hydrogen) atoms. The van der Waals surface area contributed by atoms with Gasteiger partial charge in [-0.3, -0.25) is 15.1 Å². The van der Waals surface area contributed by atoms with Gasteiger partial charge in [-0.1, -0.05) is 30.3 Å². The first kappa shape index (κ1) is 24.6. The van der Waals surface area contributed by atoms with E-state index in [0.717, 1.165) is 17.8 Å². The summed E-state index contributed by atoms with van der Waals surface area (Å²) >= 11 is 0. The Hall–Kier alpha value is -2.40. The third kappa shape index (κ3) is 9.09. The number of nitrogens with one attached hydrogen (secondary N) is 3. The zero-order chi connectivity index (χ0) is 20.2. The van der Waals surface area contributed by atoms with Gasteiger partial charge in [-0.2, -0.15) is 0 Å². The van der Waals surface area contributed by atoms with E-state index in [1.54, 1.807) is 12.1 Å². The van der Waals surface area contributed by atoms with Gasteiger partial charge in [0.25, 0.3) is 5.69 Å². The first-order chi connectivity index (χ1) is 13.6. The number of nitro benzene ring substituents is 1. The van der Waals surface area contributed by atoms with Crippen LogP contribution in [0.1, 0.15) is 25.0 Å². The van der Waals surface area contributed by atoms with Crippen molar-refractivity contribution in [2.45, 2.75) is 19.4 Å². The smallest absolute Gasteiger partial charge is 0.269 e. The number of aliphatic hydroxyl groups excluding tert-OH is 1. The van der Waals surface area contributed by atoms with Crippen molar-refractivity contribution < 1.29 is 10.0 Å². The molecule has 2 rings (SSSR count). The number of guanidine groups is 1. The summed E-state index contributed by atoms with van der Waals surface area (Å²) in [5, 5.41) is 30.4. The Balaban J connectivity index is 0.00000420. The number of anilines is 1. The van der Waals surface area contributed by atoms with Crippen molar-refractivity contribution in [1.29, 1.82) is 0 Å². The zero-order valence-electron chi connectivity index (χ0n) is 16.4. The first-order valence-electron chi connectivity index (χ1n) is 9.33. The summed E-state index contributed by atoms with van der Waals surface area (Å²) in [7, 11) is 0. The molecule has 0 amide bonds. The van der Waals surface area contributed by atoms with Crippen molar-refractivity contribution in [2.75, 3.05) is 31.5 Å². The van der Waals surface area contributed by atoms with Gasteiger partial charge in [0.2, 0.25) is 0 Å². The average Bonchev–Trinajstić information content (AvgIpc) is 2.72. The SMILES string of the molecule is CCNC(=NCCC(O)c1ccccc1)NCCNc1ccc([N+](=O)[O-])cc1.I. The number of hydrogen-bond donors (Lipinski definition) is 4. The molecule has 0 bridgehead atoms. The van der Waals surface area contributed by atoms with Gasteiger partial charge < -0.3 is 21.1 Å². The van der Waals surface area contributed by atoms with E-state index in [9.17, 15) is 15.2 Å². The van der Waals surface area contributed by atoms with Crippen LogP contribution in [0.25, 0.3) is 0 Å². The van der Waals surface area contributed by atoms with Crippen molar-refractivity contribution in [2.24, 2.45) is 4.99 Å². The minimum Gasteiger partial charge on any atom is -0.388 e. The minimum absolute atomic E-state index is 0. The summed E-state index contributed by atoms with van der Waals surface area (Å²) in [5.74, 6) is 0.688. The van der Waals surface area contributed by atoms with E-state index < -0.39 is 11.0 Å². The predicted molar refractivity (Wildman–Crippen MR) is 127 cm³/mol. The molecular formula is C20H28IN5O3. The fourth-order valence-electron chi connectivity index (χ4n) is 2.57. The Bertz CT molecular complexity index is 756. The molecule has 158 valence electrons. The molecule has 2 aromatic rings. The third-order valence-corrected chi connectivity index (χ3v) is 4.03. The highest BCUT2D eigenvalue weighted by Gasteiger charge is 2.06. The molecule has 0 aliphatic heterocycles. The number of nitrogens with zero attached hydrogens (tertiary/aromatic N) is 2. The van der Waals surface area contributed by atoms with Gasteiger partial charge >= 0.3 is 0 Å². The number of benzene rings is 2. The van der Waals surface area contributed by atoms with Crippen molar-refractivity contribution in [3.05, 3.63) is 70.3 Å². The first-order valence-corrected chi connectivity index (χ1v) is 9.33. The summed E-state index contributed by atoms with van der Waals surface area (Å²) in [6.45, 7) is 4.49. The van der Waals surface area contributed by atoms with E-state index in [0.29, 0.717) is 32.0 Å². The molecule has 0 spiro atoms. The minimum atomic E-state index is -0.531. The van der Waals surface area contributed by atoms with Gasteiger partial charge in [0.15, 0.2) is 5.96 Å². The zero-order valence-corrected chi connectivity index (χ0v) is 18.7. The van der Waals surface area contributed by atoms with Gasteiger partial charge in [0.1, 0.15) is 0 Å². The fourth-order valence-corrected chi connectivity index (χ4v) is 2.57. The average molecular weight is 513 g/mol. The predicted octanol–water partition coefficient (Wildman–Crippen LogP) is 3.30. The van der Waals surface area contributed by atoms with E-state index in [1.807, 2.05) is 37.3 Å². The molecule has 0 radical (unpaired) electrons. The van der Waals surface area contributed by atoms with Crippen LogP contribution < -0.4 is 16.0 Å². The highest BCUT2D eigenvalue weighted by molar-refractivity contribution is 14.0. The lowest BCUT2D eigenvalue weighted by atomic mass is 10.1. The number of rotatable bonds is 10. The van der Waals surface area contributed by atoms with Crippen LogP contribution in [-0.2, 0) is 0 Å². The summed E-state index contributed by atoms with van der Waals surface area (Å²) in [4.78, 5) is 14.7. The molecule has 0 aromatic heterocycles. The number of non-ortho nitro benzene ring substituents is 1. The summed E-state index contributed by atoms with van der Waals surface area (Å²) in [5.41, 5.74) is 1.78. The lowest BCUT2D eigenvalue weighted by Crippen LogP contribution is -2.39. The van der Waals surface area contributed by atoms with Crippen LogP contribution >= 0.6 is 24.0 Å². The number of aliphatic imine (C=N–C) groups is 1. The van der Waals surface area contributed by atoms with Crippen LogP contribution in [0.15, 0.2) is 59.6 Å². The molecule has 0 fully saturated rings. The molecule has 1 unspecified atom stereocenters. The van der Waals surface area contributed by atoms with Gasteiger partial charge in [-0.05, 0) is 31.0 Å². The Labute approximate surface area is 188 Å². The quantitative estimate of drug-likeness (QED) is 0.0969. The topological polar surface area (TPSA) is 112 Å². The van der Waals surface area contributed by atoms with Crippen LogP contribution in [0.3, 0.4) is 0 Å². The molecule has 0 saturated carbocycles. The number of hydrogen-bond acceptors (Lipinski definition) is 5. The van der Waals surface area contributed by atoms with Gasteiger partial charge in [0, 0.05) is 44.0 Å². The fraction of sp³-hybridized carbons (Fsp3) is 0.350. The van der Waals surface area contributed by atoms with Gasteiger partial charge in [0.05, 0.1) is 11.0 Å². The molecule has 0 aliphatic carbocycles. The molecule has 2 aromatic carbocycles. The van der Waals surface area contributed by atoms with Crippen LogP contribution in [0.4, 0.5) is 11.4 Å². The highest BCUT2D eigenvalue weighted by Crippen LogP contribution is 2.16. The number of aliphatic hydroxyl groups is 1. The molecule has 8 nitrogen and oxygen atoms in total. The second kappa shape index (κ2) is 13.7. The maximum Gasteiger partial charge on any atom is 0.269 e. The van der Waals surface area contributed by atoms with Crippen LogP contribution in [0.2, 0.25) is 0 Å². The summed E-state index contributed by atoms with van der Waals surface area (Å²) in [6.07, 6.45) is 0.0124. The van der Waals surface area contributed by atoms with Crippen molar-refractivity contribution >= 4 is 41.3 Å². The van der Waals surface area contributed by atoms with E-state index in [2.05, 4.69) is 20.9 Å². The summed E-state index contributed by atoms with van der Waals surface area (Å²) < 4.78 is 0. The monoisotopic (exact) mass is 513 g/mol. The maximum absolute atomic E-state index is 10.7. The Morgan fingerprint density at radius 1 is 1.10 bits per heavy atom. The summed E-state index contributed by atoms with van der Waals surface area (Å²) in [6, 6.07) is 15.9. The van der Waals surface area contributed by atoms with Gasteiger partial charge in [-0.15, -0.1) is 24.0 Å². The lowest BCUT2D eigenvalue weighted by molar-refractivity contribution is -0.384. The normalized spacial score (nSPS) is 11.9. The maximum atomic E-state index is 10.7. The molecule has 0 saturated heterocycles. The van der Waals surface area contributed by atoms with Crippen molar-refractivity contribution in [3.63, 3.8) is 0 Å². The molecule has 0 aliphatic rings. The highest BCUT2D eigenvalue weighted by atomic mass is 127. The Kier molecular flexibility index (Phi) is 11.7. The van der Waals surface area contributed by atoms with E-state index in [4.69, 9.17) is 0 Å². The van der Waals surface area contributed by atoms with Gasteiger partial charge in [-0.25, -0.2) is 0 Å². The van der Waals surface area contributed by atoms with Crippen LogP contribution in [0.5, 0.6) is 0 Å². The molecule has 1 atom stereocenters. The standard InChI is InChI=1S/C20H27N5O3.HI/c1-2-21-20(23-13-12-19(26)16-6-4-3-5-7-16)24-15-14-22-17-8-10-18(11-9-17)25(27)28;/h3-11,19,22,26H,2,12-15H2,1H3,(H2,21,23,24);1H. The van der Waals surface area contributed by atoms with E-state index in [-0.39, 0.29) is 29.7 Å². The Morgan fingerprint density at radius 2 is 1.79 bits per heavy atom. The van der Waals surface area contributed by atoms with E-state index in [1.165, 1.54) is 12.1 Å². The largest absolute Gasteiger partial charge is 0.388 e. The Morgan fingerprint density at radius 3 is 2.41 bits per heavy atom. The van der Waals surface area contributed by atoms with Crippen molar-refractivity contribution in [3.8, 4) is 0 Å². The number of halogens is 1. The molecular weight excluding hydrogens is 485 g/mol. The third-order valence-electron chi connectivity index (χ3n) is 4.03. The van der Waals surface area contributed by atoms with Crippen LogP contribution in [0, 0.1) is 10.1 Å². The molecule has 9 heteroatoms. The van der Waals surface area contributed by atoms with E-state index >= 15 is 0 Å². The second-order valence-electron chi connectivity index (χ2n) is 6.13. The van der Waals surface area contributed by atoms with Crippen LogP contribution in [-0.4, -0.2) is 42.2 Å². The molecule has 0 heterocycles. The lowest BCUT2D eigenvalue weighted by Gasteiger charge is -2.13. The molecule has 4 N–H and O–H groups in total. The number of nitro groups is 1. The second-order valence-corrected chi connectivity index (χ2v) is 6.13.